The van der Waals surface area contributed by atoms with Crippen LogP contribution in [0.5, 0.6) is 0 Å². The molecule has 1 fully saturated rings. The minimum absolute atomic E-state index is 0.0346. The van der Waals surface area contributed by atoms with Crippen molar-refractivity contribution in [3.8, 4) is 0 Å². The van der Waals surface area contributed by atoms with Crippen molar-refractivity contribution in [2.45, 2.75) is 37.6 Å². The summed E-state index contributed by atoms with van der Waals surface area (Å²) < 4.78 is 11.9. The highest BCUT2D eigenvalue weighted by Gasteiger charge is 2.44. The Hall–Kier alpha value is -3.35. The number of ether oxygens (including phenoxy) is 1. The van der Waals surface area contributed by atoms with Gasteiger partial charge in [0.15, 0.2) is 5.58 Å². The number of para-hydroxylation sites is 2. The van der Waals surface area contributed by atoms with Gasteiger partial charge in [0, 0.05) is 26.1 Å². The van der Waals surface area contributed by atoms with Crippen molar-refractivity contribution in [1.82, 2.24) is 9.47 Å². The molecule has 0 unspecified atom stereocenters. The molecule has 0 N–H and O–H groups in total. The summed E-state index contributed by atoms with van der Waals surface area (Å²) in [5, 5.41) is 0. The molecule has 1 aliphatic rings. The van der Waals surface area contributed by atoms with Crippen molar-refractivity contribution in [2.24, 2.45) is 0 Å². The van der Waals surface area contributed by atoms with E-state index >= 15 is 0 Å². The highest BCUT2D eigenvalue weighted by atomic mass is 16.5. The smallest absolute Gasteiger partial charge is 0.419 e. The number of aromatic nitrogens is 1. The number of methoxy groups -OCH3 is 1. The molecule has 0 saturated carbocycles. The van der Waals surface area contributed by atoms with E-state index in [1.54, 1.807) is 15.5 Å². The van der Waals surface area contributed by atoms with Gasteiger partial charge in [0.05, 0.1) is 18.0 Å². The highest BCUT2D eigenvalue weighted by Crippen LogP contribution is 2.37. The molecule has 4 rings (SSSR count). The number of carbonyl (C=O) groups excluding carboxylic acids is 2. The Bertz CT molecular complexity index is 1120. The Kier molecular flexibility index (Phi) is 5.93. The summed E-state index contributed by atoms with van der Waals surface area (Å²) in [6.07, 6.45) is 1.94. The minimum atomic E-state index is -0.712. The van der Waals surface area contributed by atoms with Crippen LogP contribution in [0.3, 0.4) is 0 Å². The van der Waals surface area contributed by atoms with Crippen molar-refractivity contribution in [3.05, 3.63) is 70.7 Å². The van der Waals surface area contributed by atoms with Crippen LogP contribution < -0.4 is 5.76 Å². The fourth-order valence-electron chi connectivity index (χ4n) is 4.47. The predicted octanol–water partition coefficient (Wildman–Crippen LogP) is 3.11. The second-order valence-electron chi connectivity index (χ2n) is 7.91. The van der Waals surface area contributed by atoms with E-state index in [0.717, 1.165) is 11.1 Å². The van der Waals surface area contributed by atoms with Crippen LogP contribution in [0.1, 0.15) is 31.2 Å². The second kappa shape index (κ2) is 8.79. The van der Waals surface area contributed by atoms with Crippen LogP contribution in [0.4, 0.5) is 0 Å². The van der Waals surface area contributed by atoms with E-state index in [4.69, 9.17) is 9.15 Å². The van der Waals surface area contributed by atoms with E-state index in [0.29, 0.717) is 50.9 Å². The Morgan fingerprint density at radius 2 is 1.71 bits per heavy atom. The average molecular weight is 422 g/mol. The molecule has 2 heterocycles. The van der Waals surface area contributed by atoms with Crippen LogP contribution in [0.15, 0.2) is 63.8 Å². The molecule has 0 spiro atoms. The number of piperidine rings is 1. The van der Waals surface area contributed by atoms with E-state index < -0.39 is 11.2 Å². The number of benzene rings is 2. The first-order valence-corrected chi connectivity index (χ1v) is 10.6. The standard InChI is InChI=1S/C24H26N2O5/c1-30-22(28)24(18-8-3-2-4-9-18)13-16-25(17-14-24)21(27)12-7-15-26-19-10-5-6-11-20(19)31-23(26)29/h2-6,8-11H,7,12-17H2,1H3. The molecule has 1 aliphatic heterocycles. The molecular weight excluding hydrogens is 396 g/mol. The lowest BCUT2D eigenvalue weighted by atomic mass is 9.72. The van der Waals surface area contributed by atoms with E-state index in [2.05, 4.69) is 0 Å². The predicted molar refractivity (Wildman–Crippen MR) is 116 cm³/mol. The van der Waals surface area contributed by atoms with E-state index in [1.165, 1.54) is 7.11 Å². The number of aryl methyl sites for hydroxylation is 1. The molecule has 1 saturated heterocycles. The number of nitrogens with zero attached hydrogens (tertiary/aromatic N) is 2. The zero-order valence-electron chi connectivity index (χ0n) is 17.6. The van der Waals surface area contributed by atoms with Gasteiger partial charge in [-0.2, -0.15) is 0 Å². The molecule has 7 nitrogen and oxygen atoms in total. The number of hydrogen-bond acceptors (Lipinski definition) is 5. The normalized spacial score (nSPS) is 15.7. The van der Waals surface area contributed by atoms with Gasteiger partial charge < -0.3 is 14.1 Å². The van der Waals surface area contributed by atoms with Crippen molar-refractivity contribution in [1.29, 1.82) is 0 Å². The van der Waals surface area contributed by atoms with Crippen molar-refractivity contribution in [2.75, 3.05) is 20.2 Å². The largest absolute Gasteiger partial charge is 0.468 e. The maximum absolute atomic E-state index is 12.8. The number of amides is 1. The van der Waals surface area contributed by atoms with Crippen LogP contribution in [0.25, 0.3) is 11.1 Å². The van der Waals surface area contributed by atoms with Gasteiger partial charge in [-0.05, 0) is 37.0 Å². The SMILES string of the molecule is COC(=O)C1(c2ccccc2)CCN(C(=O)CCCn2c(=O)oc3ccccc32)CC1. The van der Waals surface area contributed by atoms with Crippen LogP contribution in [0, 0.1) is 0 Å². The first kappa shape index (κ1) is 20.9. The molecule has 7 heteroatoms. The number of likely N-dealkylation sites (tertiary alicyclic amines) is 1. The molecule has 0 radical (unpaired) electrons. The van der Waals surface area contributed by atoms with E-state index in [1.807, 2.05) is 48.5 Å². The maximum Gasteiger partial charge on any atom is 0.419 e. The lowest BCUT2D eigenvalue weighted by molar-refractivity contribution is -0.151. The van der Waals surface area contributed by atoms with Gasteiger partial charge in [0.1, 0.15) is 0 Å². The molecule has 0 bridgehead atoms. The van der Waals surface area contributed by atoms with Crippen LogP contribution >= 0.6 is 0 Å². The Morgan fingerprint density at radius 3 is 2.42 bits per heavy atom. The molecule has 1 aromatic heterocycles. The van der Waals surface area contributed by atoms with E-state index in [9.17, 15) is 14.4 Å². The van der Waals surface area contributed by atoms with Crippen molar-refractivity contribution < 1.29 is 18.7 Å². The molecule has 0 atom stereocenters. The van der Waals surface area contributed by atoms with Gasteiger partial charge in [-0.15, -0.1) is 0 Å². The van der Waals surface area contributed by atoms with Gasteiger partial charge in [-0.1, -0.05) is 42.5 Å². The lowest BCUT2D eigenvalue weighted by Gasteiger charge is -2.40. The zero-order chi connectivity index (χ0) is 21.8. The molecule has 162 valence electrons. The van der Waals surface area contributed by atoms with Gasteiger partial charge in [0.2, 0.25) is 5.91 Å². The quantitative estimate of drug-likeness (QED) is 0.570. The molecule has 0 aliphatic carbocycles. The maximum atomic E-state index is 12.8. The average Bonchev–Trinajstić information content (AvgIpc) is 3.14. The monoisotopic (exact) mass is 422 g/mol. The third-order valence-corrected chi connectivity index (χ3v) is 6.22. The van der Waals surface area contributed by atoms with Crippen molar-refractivity contribution >= 4 is 23.0 Å². The number of oxazole rings is 1. The Morgan fingerprint density at radius 1 is 1.03 bits per heavy atom. The zero-order valence-corrected chi connectivity index (χ0v) is 17.6. The third-order valence-electron chi connectivity index (χ3n) is 6.22. The van der Waals surface area contributed by atoms with Gasteiger partial charge in [-0.3, -0.25) is 14.2 Å². The van der Waals surface area contributed by atoms with Crippen molar-refractivity contribution in [3.63, 3.8) is 0 Å². The number of rotatable bonds is 6. The Labute approximate surface area is 180 Å². The fraction of sp³-hybridized carbons (Fsp3) is 0.375. The van der Waals surface area contributed by atoms with Crippen LogP contribution in [-0.4, -0.2) is 41.5 Å². The summed E-state index contributed by atoms with van der Waals surface area (Å²) in [6, 6.07) is 16.9. The number of hydrogen-bond donors (Lipinski definition) is 0. The molecular formula is C24H26N2O5. The lowest BCUT2D eigenvalue weighted by Crippen LogP contribution is -2.49. The first-order chi connectivity index (χ1) is 15.0. The fourth-order valence-corrected chi connectivity index (χ4v) is 4.47. The first-order valence-electron chi connectivity index (χ1n) is 10.6. The van der Waals surface area contributed by atoms with Crippen LogP contribution in [0.2, 0.25) is 0 Å². The highest BCUT2D eigenvalue weighted by molar-refractivity contribution is 5.84. The van der Waals surface area contributed by atoms with E-state index in [-0.39, 0.29) is 11.9 Å². The summed E-state index contributed by atoms with van der Waals surface area (Å²) >= 11 is 0. The topological polar surface area (TPSA) is 81.8 Å². The van der Waals surface area contributed by atoms with Gasteiger partial charge in [-0.25, -0.2) is 4.79 Å². The molecule has 1 amide bonds. The summed E-state index contributed by atoms with van der Waals surface area (Å²) in [6.45, 7) is 1.42. The number of fused-ring (bicyclic) bond motifs is 1. The van der Waals surface area contributed by atoms with Crippen LogP contribution in [-0.2, 0) is 26.3 Å². The second-order valence-corrected chi connectivity index (χ2v) is 7.91. The van der Waals surface area contributed by atoms with Gasteiger partial charge >= 0.3 is 11.7 Å². The summed E-state index contributed by atoms with van der Waals surface area (Å²) in [5.74, 6) is -0.623. The molecule has 31 heavy (non-hydrogen) atoms. The summed E-state index contributed by atoms with van der Waals surface area (Å²) in [4.78, 5) is 39.3. The summed E-state index contributed by atoms with van der Waals surface area (Å²) in [5.41, 5.74) is 1.51. The molecule has 2 aromatic carbocycles. The minimum Gasteiger partial charge on any atom is -0.468 e. The summed E-state index contributed by atoms with van der Waals surface area (Å²) in [7, 11) is 1.41. The number of esters is 1. The Balaban J connectivity index is 1.37. The third kappa shape index (κ3) is 4.00. The molecule has 3 aromatic rings. The number of carbonyl (C=O) groups is 2. The van der Waals surface area contributed by atoms with Gasteiger partial charge in [0.25, 0.3) is 0 Å².